The maximum Gasteiger partial charge on any atom is 0.311 e. The van der Waals surface area contributed by atoms with Gasteiger partial charge in [-0.15, -0.1) is 0 Å². The van der Waals surface area contributed by atoms with Crippen molar-refractivity contribution in [2.75, 3.05) is 13.2 Å². The molecule has 8 heteroatoms. The fourth-order valence-electron chi connectivity index (χ4n) is 3.64. The summed E-state index contributed by atoms with van der Waals surface area (Å²) in [5, 5.41) is 15.4. The quantitative estimate of drug-likeness (QED) is 0.274. The van der Waals surface area contributed by atoms with Crippen LogP contribution in [-0.4, -0.2) is 33.9 Å². The molecule has 3 rings (SSSR count). The van der Waals surface area contributed by atoms with Gasteiger partial charge in [0.05, 0.1) is 17.6 Å². The molecule has 0 saturated heterocycles. The molecular formula is C23H25N3O4S. The van der Waals surface area contributed by atoms with Gasteiger partial charge in [-0.3, -0.25) is 14.9 Å². The van der Waals surface area contributed by atoms with E-state index in [1.54, 1.807) is 36.4 Å². The van der Waals surface area contributed by atoms with Crippen molar-refractivity contribution in [3.8, 4) is 5.75 Å². The third kappa shape index (κ3) is 4.59. The Morgan fingerprint density at radius 3 is 2.55 bits per heavy atom. The van der Waals surface area contributed by atoms with Gasteiger partial charge in [0.2, 0.25) is 0 Å². The molecule has 1 aliphatic heterocycles. The number of nitro benzene ring substituents is 1. The van der Waals surface area contributed by atoms with Crippen molar-refractivity contribution < 1.29 is 14.5 Å². The molecule has 1 heterocycles. The molecule has 1 atom stereocenters. The van der Waals surface area contributed by atoms with E-state index in [2.05, 4.69) is 5.32 Å². The lowest BCUT2D eigenvalue weighted by molar-refractivity contribution is -0.385. The molecule has 0 bridgehead atoms. The van der Waals surface area contributed by atoms with Gasteiger partial charge in [0.15, 0.2) is 16.6 Å². The normalized spacial score (nSPS) is 16.2. The molecule has 0 aliphatic carbocycles. The summed E-state index contributed by atoms with van der Waals surface area (Å²) in [6, 6.07) is 13.1. The van der Waals surface area contributed by atoms with E-state index in [1.807, 2.05) is 31.7 Å². The predicted molar refractivity (Wildman–Crippen MR) is 123 cm³/mol. The van der Waals surface area contributed by atoms with Gasteiger partial charge in [-0.05, 0) is 44.1 Å². The van der Waals surface area contributed by atoms with Crippen LogP contribution in [0.1, 0.15) is 49.2 Å². The summed E-state index contributed by atoms with van der Waals surface area (Å²) in [7, 11) is 0. The van der Waals surface area contributed by atoms with Gasteiger partial charge in [0.1, 0.15) is 0 Å². The molecule has 1 unspecified atom stereocenters. The highest BCUT2D eigenvalue weighted by molar-refractivity contribution is 7.80. The number of nitrogens with one attached hydrogen (secondary N) is 1. The van der Waals surface area contributed by atoms with Gasteiger partial charge in [-0.25, -0.2) is 0 Å². The number of rotatable bonds is 8. The van der Waals surface area contributed by atoms with Crippen molar-refractivity contribution in [2.24, 2.45) is 0 Å². The Hall–Kier alpha value is -3.26. The molecule has 1 N–H and O–H groups in total. The number of thiocarbonyl (C=S) groups is 1. The first-order valence-corrected chi connectivity index (χ1v) is 10.6. The van der Waals surface area contributed by atoms with Crippen molar-refractivity contribution in [3.05, 3.63) is 81.0 Å². The van der Waals surface area contributed by atoms with Gasteiger partial charge in [0.25, 0.3) is 0 Å². The first-order valence-electron chi connectivity index (χ1n) is 10.2. The smallest absolute Gasteiger partial charge is 0.311 e. The van der Waals surface area contributed by atoms with Crippen LogP contribution in [0.2, 0.25) is 0 Å². The summed E-state index contributed by atoms with van der Waals surface area (Å²) in [6.07, 6.45) is 0.738. The van der Waals surface area contributed by atoms with E-state index in [0.29, 0.717) is 35.0 Å². The number of nitro groups is 1. The Morgan fingerprint density at radius 2 is 1.94 bits per heavy atom. The minimum absolute atomic E-state index is 0.138. The highest BCUT2D eigenvalue weighted by Gasteiger charge is 2.34. The molecule has 2 aromatic rings. The van der Waals surface area contributed by atoms with Crippen molar-refractivity contribution in [2.45, 2.75) is 33.2 Å². The van der Waals surface area contributed by atoms with Crippen molar-refractivity contribution in [1.29, 1.82) is 0 Å². The fourth-order valence-corrected chi connectivity index (χ4v) is 4.03. The van der Waals surface area contributed by atoms with Crippen LogP contribution in [0.5, 0.6) is 5.75 Å². The molecule has 162 valence electrons. The van der Waals surface area contributed by atoms with Crippen LogP contribution in [0, 0.1) is 10.1 Å². The van der Waals surface area contributed by atoms with Gasteiger partial charge in [0, 0.05) is 29.4 Å². The molecular weight excluding hydrogens is 414 g/mol. The van der Waals surface area contributed by atoms with Crippen LogP contribution in [0.15, 0.2) is 59.8 Å². The molecule has 0 fully saturated rings. The monoisotopic (exact) mass is 439 g/mol. The Bertz CT molecular complexity index is 1040. The summed E-state index contributed by atoms with van der Waals surface area (Å²) in [6.45, 7) is 6.72. The number of nitrogens with zero attached hydrogens (tertiary/aromatic N) is 2. The lowest BCUT2D eigenvalue weighted by atomic mass is 9.89. The van der Waals surface area contributed by atoms with Crippen LogP contribution < -0.4 is 10.1 Å². The fraction of sp³-hybridized carbons (Fsp3) is 0.304. The average Bonchev–Trinajstić information content (AvgIpc) is 2.77. The molecule has 0 spiro atoms. The Morgan fingerprint density at radius 1 is 1.23 bits per heavy atom. The number of ether oxygens (including phenoxy) is 1. The maximum absolute atomic E-state index is 13.5. The number of hydrogen-bond acceptors (Lipinski definition) is 5. The summed E-state index contributed by atoms with van der Waals surface area (Å²) >= 11 is 5.51. The zero-order valence-electron chi connectivity index (χ0n) is 17.8. The summed E-state index contributed by atoms with van der Waals surface area (Å²) in [5.74, 6) is 0.0614. The van der Waals surface area contributed by atoms with E-state index < -0.39 is 11.0 Å². The van der Waals surface area contributed by atoms with E-state index in [9.17, 15) is 14.9 Å². The number of Topliss-reactive ketones (excluding diaryl/α,β-unsaturated/α-hetero) is 1. The van der Waals surface area contributed by atoms with E-state index >= 15 is 0 Å². The number of ketones is 1. The van der Waals surface area contributed by atoms with E-state index in [1.165, 1.54) is 6.07 Å². The highest BCUT2D eigenvalue weighted by atomic mass is 32.1. The zero-order valence-corrected chi connectivity index (χ0v) is 18.6. The van der Waals surface area contributed by atoms with Gasteiger partial charge in [-0.1, -0.05) is 43.3 Å². The SMILES string of the molecule is CCCOc1ccc(C2NC(=S)N(CC)C(C)=C2C(=O)c2ccccc2)cc1[N+](=O)[O-]. The molecule has 0 aromatic heterocycles. The number of benzene rings is 2. The average molecular weight is 440 g/mol. The molecule has 0 saturated carbocycles. The third-order valence-corrected chi connectivity index (χ3v) is 5.51. The second kappa shape index (κ2) is 9.70. The predicted octanol–water partition coefficient (Wildman–Crippen LogP) is 4.79. The van der Waals surface area contributed by atoms with E-state index in [-0.39, 0.29) is 17.2 Å². The number of carbonyl (C=O) groups is 1. The topological polar surface area (TPSA) is 84.7 Å². The lowest BCUT2D eigenvalue weighted by Gasteiger charge is -2.37. The van der Waals surface area contributed by atoms with Crippen LogP contribution in [0.3, 0.4) is 0 Å². The Labute approximate surface area is 186 Å². The summed E-state index contributed by atoms with van der Waals surface area (Å²) in [5.41, 5.74) is 2.23. The second-order valence-corrected chi connectivity index (χ2v) is 7.54. The Kier molecular flexibility index (Phi) is 7.02. The van der Waals surface area contributed by atoms with Gasteiger partial charge in [-0.2, -0.15) is 0 Å². The number of allylic oxidation sites excluding steroid dienone is 1. The minimum Gasteiger partial charge on any atom is -0.487 e. The molecule has 7 nitrogen and oxygen atoms in total. The summed E-state index contributed by atoms with van der Waals surface area (Å²) < 4.78 is 5.54. The first kappa shape index (κ1) is 22.4. The second-order valence-electron chi connectivity index (χ2n) is 7.15. The molecule has 0 amide bonds. The molecule has 0 radical (unpaired) electrons. The molecule has 2 aromatic carbocycles. The Balaban J connectivity index is 2.12. The van der Waals surface area contributed by atoms with Crippen LogP contribution in [0.25, 0.3) is 0 Å². The summed E-state index contributed by atoms with van der Waals surface area (Å²) in [4.78, 5) is 26.5. The first-order chi connectivity index (χ1) is 14.9. The van der Waals surface area contributed by atoms with Crippen molar-refractivity contribution in [3.63, 3.8) is 0 Å². The van der Waals surface area contributed by atoms with Crippen LogP contribution >= 0.6 is 12.2 Å². The molecule has 1 aliphatic rings. The van der Waals surface area contributed by atoms with Gasteiger partial charge < -0.3 is 15.0 Å². The largest absolute Gasteiger partial charge is 0.487 e. The standard InChI is InChI=1S/C23H25N3O4S/c1-4-13-30-19-12-11-17(14-18(19)26(28)29)21-20(15(3)25(5-2)23(31)24-21)22(27)16-9-7-6-8-10-16/h6-12,14,21H,4-5,13H2,1-3H3,(H,24,31). The molecule has 31 heavy (non-hydrogen) atoms. The maximum atomic E-state index is 13.5. The van der Waals surface area contributed by atoms with E-state index in [0.717, 1.165) is 12.1 Å². The minimum atomic E-state index is -0.609. The van der Waals surface area contributed by atoms with Gasteiger partial charge >= 0.3 is 5.69 Å². The van der Waals surface area contributed by atoms with Crippen LogP contribution in [-0.2, 0) is 0 Å². The van der Waals surface area contributed by atoms with Crippen molar-refractivity contribution >= 4 is 28.8 Å². The van der Waals surface area contributed by atoms with E-state index in [4.69, 9.17) is 17.0 Å². The number of carbonyl (C=O) groups excluding carboxylic acids is 1. The third-order valence-electron chi connectivity index (χ3n) is 5.17. The lowest BCUT2D eigenvalue weighted by Crippen LogP contribution is -2.47. The highest BCUT2D eigenvalue weighted by Crippen LogP contribution is 2.37. The van der Waals surface area contributed by atoms with Crippen molar-refractivity contribution in [1.82, 2.24) is 10.2 Å². The number of hydrogen-bond donors (Lipinski definition) is 1. The zero-order chi connectivity index (χ0) is 22.5. The van der Waals surface area contributed by atoms with Crippen LogP contribution in [0.4, 0.5) is 5.69 Å².